The third-order valence-corrected chi connectivity index (χ3v) is 7.37. The molecular formula is C28H38ClN5O2. The SMILES string of the molecule is COCCN1CCC(CN(C)CC(C)(C)c2nc(-c3ccc(Cl)c(O)c3)cn2-c2ccncc2)CC1. The van der Waals surface area contributed by atoms with E-state index in [1.54, 1.807) is 31.6 Å². The number of rotatable bonds is 10. The van der Waals surface area contributed by atoms with Crippen molar-refractivity contribution in [3.63, 3.8) is 0 Å². The van der Waals surface area contributed by atoms with Crippen LogP contribution in [0.3, 0.4) is 0 Å². The maximum Gasteiger partial charge on any atom is 0.134 e. The van der Waals surface area contributed by atoms with Crippen LogP contribution in [0.4, 0.5) is 0 Å². The first kappa shape index (κ1) is 26.6. The van der Waals surface area contributed by atoms with Crippen molar-refractivity contribution >= 4 is 11.6 Å². The number of nitrogens with zero attached hydrogens (tertiary/aromatic N) is 5. The molecule has 0 spiro atoms. The molecule has 0 unspecified atom stereocenters. The zero-order valence-corrected chi connectivity index (χ0v) is 22.6. The van der Waals surface area contributed by atoms with Gasteiger partial charge in [-0.2, -0.15) is 0 Å². The summed E-state index contributed by atoms with van der Waals surface area (Å²) in [6, 6.07) is 9.25. The van der Waals surface area contributed by atoms with Crippen molar-refractivity contribution in [2.45, 2.75) is 32.1 Å². The van der Waals surface area contributed by atoms with Crippen LogP contribution in [-0.4, -0.2) is 82.9 Å². The molecule has 0 atom stereocenters. The van der Waals surface area contributed by atoms with Crippen LogP contribution in [0.5, 0.6) is 5.75 Å². The number of piperidine rings is 1. The van der Waals surface area contributed by atoms with Gasteiger partial charge in [0.05, 0.1) is 17.3 Å². The Hall–Kier alpha value is -2.45. The number of benzene rings is 1. The third kappa shape index (κ3) is 6.45. The average molecular weight is 512 g/mol. The monoisotopic (exact) mass is 511 g/mol. The summed E-state index contributed by atoms with van der Waals surface area (Å²) in [5.74, 6) is 1.73. The Labute approximate surface area is 219 Å². The van der Waals surface area contributed by atoms with Crippen molar-refractivity contribution in [2.75, 3.05) is 53.5 Å². The normalized spacial score (nSPS) is 15.6. The summed E-state index contributed by atoms with van der Waals surface area (Å²) >= 11 is 6.04. The predicted molar refractivity (Wildman–Crippen MR) is 145 cm³/mol. The molecule has 7 nitrogen and oxygen atoms in total. The molecule has 2 aromatic heterocycles. The molecule has 1 aliphatic rings. The molecule has 0 radical (unpaired) electrons. The first-order valence-corrected chi connectivity index (χ1v) is 13.0. The van der Waals surface area contributed by atoms with E-state index in [-0.39, 0.29) is 11.2 Å². The highest BCUT2D eigenvalue weighted by Crippen LogP contribution is 2.33. The van der Waals surface area contributed by atoms with Gasteiger partial charge in [0.25, 0.3) is 0 Å². The van der Waals surface area contributed by atoms with Gasteiger partial charge in [-0.15, -0.1) is 0 Å². The number of likely N-dealkylation sites (N-methyl/N-ethyl adjacent to an activating group) is 1. The largest absolute Gasteiger partial charge is 0.506 e. The Morgan fingerprint density at radius 3 is 2.56 bits per heavy atom. The fourth-order valence-electron chi connectivity index (χ4n) is 5.23. The van der Waals surface area contributed by atoms with E-state index < -0.39 is 0 Å². The molecule has 1 aromatic carbocycles. The smallest absolute Gasteiger partial charge is 0.134 e. The summed E-state index contributed by atoms with van der Waals surface area (Å²) < 4.78 is 7.38. The Balaban J connectivity index is 1.52. The number of hydrogen-bond acceptors (Lipinski definition) is 6. The van der Waals surface area contributed by atoms with Crippen molar-refractivity contribution in [1.29, 1.82) is 0 Å². The van der Waals surface area contributed by atoms with Gasteiger partial charge in [0.15, 0.2) is 0 Å². The van der Waals surface area contributed by atoms with Crippen LogP contribution in [0.1, 0.15) is 32.5 Å². The van der Waals surface area contributed by atoms with Gasteiger partial charge in [0.1, 0.15) is 11.6 Å². The van der Waals surface area contributed by atoms with Gasteiger partial charge in [0, 0.05) is 62.0 Å². The lowest BCUT2D eigenvalue weighted by molar-refractivity contribution is 0.107. The molecule has 8 heteroatoms. The van der Waals surface area contributed by atoms with Crippen molar-refractivity contribution in [3.8, 4) is 22.7 Å². The Bertz CT molecular complexity index is 1130. The van der Waals surface area contributed by atoms with Crippen molar-refractivity contribution in [2.24, 2.45) is 5.92 Å². The van der Waals surface area contributed by atoms with E-state index in [1.807, 2.05) is 24.4 Å². The minimum atomic E-state index is -0.218. The lowest BCUT2D eigenvalue weighted by Gasteiger charge is -2.36. The number of phenolic OH excluding ortho intramolecular Hbond substituents is 1. The topological polar surface area (TPSA) is 66.7 Å². The van der Waals surface area contributed by atoms with Crippen LogP contribution in [0.25, 0.3) is 16.9 Å². The van der Waals surface area contributed by atoms with E-state index in [0.29, 0.717) is 10.9 Å². The molecular weight excluding hydrogens is 474 g/mol. The summed E-state index contributed by atoms with van der Waals surface area (Å²) in [5, 5.41) is 10.5. The third-order valence-electron chi connectivity index (χ3n) is 7.05. The number of imidazole rings is 1. The maximum atomic E-state index is 10.2. The van der Waals surface area contributed by atoms with E-state index in [9.17, 15) is 5.11 Å². The van der Waals surface area contributed by atoms with Crippen LogP contribution in [0.2, 0.25) is 5.02 Å². The quantitative estimate of drug-likeness (QED) is 0.419. The zero-order chi connectivity index (χ0) is 25.7. The molecule has 0 aliphatic carbocycles. The van der Waals surface area contributed by atoms with Crippen molar-refractivity contribution in [3.05, 3.63) is 59.8 Å². The molecule has 0 bridgehead atoms. The lowest BCUT2D eigenvalue weighted by Crippen LogP contribution is -2.42. The number of pyridine rings is 1. The minimum absolute atomic E-state index is 0.0569. The minimum Gasteiger partial charge on any atom is -0.506 e. The summed E-state index contributed by atoms with van der Waals surface area (Å²) in [4.78, 5) is 14.2. The maximum absolute atomic E-state index is 10.2. The fraction of sp³-hybridized carbons (Fsp3) is 0.500. The van der Waals surface area contributed by atoms with Gasteiger partial charge in [-0.25, -0.2) is 4.98 Å². The molecule has 0 saturated carbocycles. The standard InChI is InChI=1S/C28H38ClN5O2/c1-28(2,20-32(3)18-21-9-13-33(14-10-21)15-16-36-4)27-31-25(22-5-6-24(29)26(35)17-22)19-34(27)23-7-11-30-12-8-23/h5-8,11-12,17,19,21,35H,9-10,13-16,18,20H2,1-4H3. The first-order chi connectivity index (χ1) is 17.3. The van der Waals surface area contributed by atoms with E-state index in [4.69, 9.17) is 21.3 Å². The highest BCUT2D eigenvalue weighted by atomic mass is 35.5. The molecule has 4 rings (SSSR count). The van der Waals surface area contributed by atoms with E-state index in [0.717, 1.165) is 62.1 Å². The number of phenols is 1. The molecule has 1 aliphatic heterocycles. The van der Waals surface area contributed by atoms with E-state index >= 15 is 0 Å². The first-order valence-electron chi connectivity index (χ1n) is 12.7. The van der Waals surface area contributed by atoms with Crippen LogP contribution in [0, 0.1) is 5.92 Å². The molecule has 36 heavy (non-hydrogen) atoms. The highest BCUT2D eigenvalue weighted by Gasteiger charge is 2.31. The number of likely N-dealkylation sites (tertiary alicyclic amines) is 1. The second-order valence-corrected chi connectivity index (χ2v) is 11.0. The van der Waals surface area contributed by atoms with Gasteiger partial charge >= 0.3 is 0 Å². The number of methoxy groups -OCH3 is 1. The summed E-state index contributed by atoms with van der Waals surface area (Å²) in [7, 11) is 3.99. The second-order valence-electron chi connectivity index (χ2n) is 10.5. The number of hydrogen-bond donors (Lipinski definition) is 1. The summed E-state index contributed by atoms with van der Waals surface area (Å²) in [5.41, 5.74) is 2.42. The van der Waals surface area contributed by atoms with Crippen LogP contribution in [0.15, 0.2) is 48.9 Å². The average Bonchev–Trinajstić information content (AvgIpc) is 3.32. The number of halogens is 1. The predicted octanol–water partition coefficient (Wildman–Crippen LogP) is 4.86. The van der Waals surface area contributed by atoms with Gasteiger partial charge in [-0.1, -0.05) is 31.5 Å². The van der Waals surface area contributed by atoms with Gasteiger partial charge in [0.2, 0.25) is 0 Å². The highest BCUT2D eigenvalue weighted by molar-refractivity contribution is 6.32. The van der Waals surface area contributed by atoms with Crippen LogP contribution >= 0.6 is 11.6 Å². The molecule has 3 heterocycles. The van der Waals surface area contributed by atoms with Gasteiger partial charge < -0.3 is 24.2 Å². The molecule has 0 amide bonds. The molecule has 194 valence electrons. The zero-order valence-electron chi connectivity index (χ0n) is 21.8. The molecule has 1 fully saturated rings. The van der Waals surface area contributed by atoms with Crippen LogP contribution < -0.4 is 0 Å². The summed E-state index contributed by atoms with van der Waals surface area (Å²) in [6.07, 6.45) is 8.08. The Morgan fingerprint density at radius 1 is 1.17 bits per heavy atom. The van der Waals surface area contributed by atoms with Crippen molar-refractivity contribution in [1.82, 2.24) is 24.3 Å². The number of aromatic nitrogens is 3. The van der Waals surface area contributed by atoms with Gasteiger partial charge in [-0.05, 0) is 63.2 Å². The van der Waals surface area contributed by atoms with Gasteiger partial charge in [-0.3, -0.25) is 4.98 Å². The van der Waals surface area contributed by atoms with Crippen molar-refractivity contribution < 1.29 is 9.84 Å². The molecule has 1 N–H and O–H groups in total. The van der Waals surface area contributed by atoms with E-state index in [1.165, 1.54) is 12.8 Å². The summed E-state index contributed by atoms with van der Waals surface area (Å²) in [6.45, 7) is 10.6. The second kappa shape index (κ2) is 11.7. The van der Waals surface area contributed by atoms with E-state index in [2.05, 4.69) is 40.2 Å². The molecule has 1 saturated heterocycles. The van der Waals surface area contributed by atoms with Crippen LogP contribution in [-0.2, 0) is 10.2 Å². The lowest BCUT2D eigenvalue weighted by atomic mass is 9.90. The Kier molecular flexibility index (Phi) is 8.67. The Morgan fingerprint density at radius 2 is 1.89 bits per heavy atom. The molecule has 3 aromatic rings. The fourth-order valence-corrected chi connectivity index (χ4v) is 5.35. The number of aromatic hydroxyl groups is 1. The number of ether oxygens (including phenoxy) is 1.